The summed E-state index contributed by atoms with van der Waals surface area (Å²) in [5, 5.41) is 17.2. The average molecular weight is 200 g/mol. The first-order valence-corrected chi connectivity index (χ1v) is 4.20. The molecule has 0 amide bonds. The highest BCUT2D eigenvalue weighted by Gasteiger charge is 2.01. The van der Waals surface area contributed by atoms with Crippen molar-refractivity contribution in [2.75, 3.05) is 11.9 Å². The second-order valence-corrected chi connectivity index (χ2v) is 2.92. The molecule has 1 heterocycles. The molecule has 1 atom stereocenters. The zero-order valence-electron chi connectivity index (χ0n) is 7.70. The van der Waals surface area contributed by atoms with E-state index in [1.165, 1.54) is 0 Å². The molecule has 1 aromatic rings. The van der Waals surface area contributed by atoms with Crippen molar-refractivity contribution in [1.29, 1.82) is 0 Å². The number of nitrogens with one attached hydrogen (secondary N) is 3. The van der Waals surface area contributed by atoms with Crippen LogP contribution in [0.4, 0.5) is 5.82 Å². The van der Waals surface area contributed by atoms with E-state index < -0.39 is 17.4 Å². The Kier molecular flexibility index (Phi) is 3.41. The Morgan fingerprint density at radius 1 is 1.57 bits per heavy atom. The molecular formula is C7H12N4O3. The van der Waals surface area contributed by atoms with Crippen LogP contribution in [0.5, 0.6) is 0 Å². The second-order valence-electron chi connectivity index (χ2n) is 2.92. The largest absolute Gasteiger partial charge is 0.393 e. The molecular weight excluding hydrogens is 188 g/mol. The standard InChI is InChI=1S/C7H12N4O3/c1-4(12)2-3-8-5-6(13)9-7(14)11-10-5/h4,12H,2-3H2,1H3,(H,8,10)(H2,9,11,13,14). The van der Waals surface area contributed by atoms with Crippen LogP contribution in [0.25, 0.3) is 0 Å². The Morgan fingerprint density at radius 2 is 2.29 bits per heavy atom. The van der Waals surface area contributed by atoms with E-state index in [1.807, 2.05) is 4.98 Å². The predicted octanol–water partition coefficient (Wildman–Crippen LogP) is -1.36. The molecule has 0 aliphatic carbocycles. The van der Waals surface area contributed by atoms with Gasteiger partial charge < -0.3 is 10.4 Å². The smallest absolute Gasteiger partial charge is 0.342 e. The van der Waals surface area contributed by atoms with Crippen LogP contribution in [-0.4, -0.2) is 32.9 Å². The van der Waals surface area contributed by atoms with E-state index in [2.05, 4.69) is 15.5 Å². The van der Waals surface area contributed by atoms with E-state index in [4.69, 9.17) is 5.11 Å². The molecule has 1 aromatic heterocycles. The number of aliphatic hydroxyl groups is 1. The van der Waals surface area contributed by atoms with Crippen molar-refractivity contribution in [2.24, 2.45) is 0 Å². The molecule has 0 spiro atoms. The van der Waals surface area contributed by atoms with E-state index >= 15 is 0 Å². The highest BCUT2D eigenvalue weighted by atomic mass is 16.3. The fourth-order valence-corrected chi connectivity index (χ4v) is 0.867. The summed E-state index contributed by atoms with van der Waals surface area (Å²) in [6.45, 7) is 2.06. The minimum absolute atomic E-state index is 0.0465. The maximum atomic E-state index is 11.1. The summed E-state index contributed by atoms with van der Waals surface area (Å²) in [5.74, 6) is 0.0465. The molecule has 0 radical (unpaired) electrons. The number of aromatic amines is 2. The number of aliphatic hydroxyl groups excluding tert-OH is 1. The van der Waals surface area contributed by atoms with Crippen molar-refractivity contribution in [3.8, 4) is 0 Å². The maximum absolute atomic E-state index is 11.1. The zero-order chi connectivity index (χ0) is 10.6. The third kappa shape index (κ3) is 3.02. The van der Waals surface area contributed by atoms with Gasteiger partial charge in [-0.05, 0) is 13.3 Å². The van der Waals surface area contributed by atoms with Crippen molar-refractivity contribution < 1.29 is 5.11 Å². The molecule has 1 rings (SSSR count). The molecule has 0 bridgehead atoms. The third-order valence-electron chi connectivity index (χ3n) is 1.57. The molecule has 0 fully saturated rings. The molecule has 0 aromatic carbocycles. The van der Waals surface area contributed by atoms with Gasteiger partial charge in [-0.15, -0.1) is 5.10 Å². The zero-order valence-corrected chi connectivity index (χ0v) is 7.70. The quantitative estimate of drug-likeness (QED) is 0.479. The van der Waals surface area contributed by atoms with E-state index in [-0.39, 0.29) is 5.82 Å². The van der Waals surface area contributed by atoms with Gasteiger partial charge in [-0.3, -0.25) is 9.78 Å². The normalized spacial score (nSPS) is 12.4. The van der Waals surface area contributed by atoms with Gasteiger partial charge in [0.2, 0.25) is 5.82 Å². The van der Waals surface area contributed by atoms with Crippen LogP contribution in [-0.2, 0) is 0 Å². The van der Waals surface area contributed by atoms with Crippen LogP contribution in [0.15, 0.2) is 9.59 Å². The molecule has 0 aliphatic heterocycles. The van der Waals surface area contributed by atoms with Gasteiger partial charge in [0.1, 0.15) is 0 Å². The van der Waals surface area contributed by atoms with Crippen LogP contribution in [0.2, 0.25) is 0 Å². The Labute approximate surface area is 79.2 Å². The van der Waals surface area contributed by atoms with Gasteiger partial charge in [0.25, 0.3) is 5.56 Å². The van der Waals surface area contributed by atoms with Crippen LogP contribution < -0.4 is 16.6 Å². The summed E-state index contributed by atoms with van der Waals surface area (Å²) >= 11 is 0. The van der Waals surface area contributed by atoms with E-state index in [0.717, 1.165) is 0 Å². The molecule has 14 heavy (non-hydrogen) atoms. The van der Waals surface area contributed by atoms with Gasteiger partial charge in [-0.2, -0.15) is 0 Å². The molecule has 0 saturated carbocycles. The monoisotopic (exact) mass is 200 g/mol. The molecule has 78 valence electrons. The summed E-state index contributed by atoms with van der Waals surface area (Å²) in [4.78, 5) is 23.7. The lowest BCUT2D eigenvalue weighted by atomic mass is 10.3. The van der Waals surface area contributed by atoms with Crippen molar-refractivity contribution in [3.05, 3.63) is 20.8 Å². The van der Waals surface area contributed by atoms with Crippen molar-refractivity contribution in [3.63, 3.8) is 0 Å². The number of hydrogen-bond donors (Lipinski definition) is 4. The fourth-order valence-electron chi connectivity index (χ4n) is 0.867. The average Bonchev–Trinajstić information content (AvgIpc) is 2.08. The summed E-state index contributed by atoms with van der Waals surface area (Å²) in [6.07, 6.45) is 0.0598. The number of anilines is 1. The molecule has 0 saturated heterocycles. The lowest BCUT2D eigenvalue weighted by molar-refractivity contribution is 0.188. The van der Waals surface area contributed by atoms with Gasteiger partial charge >= 0.3 is 5.69 Å². The Bertz CT molecular complexity index is 394. The molecule has 0 aliphatic rings. The Hall–Kier alpha value is -1.63. The lowest BCUT2D eigenvalue weighted by Gasteiger charge is -2.04. The first-order chi connectivity index (χ1) is 6.59. The summed E-state index contributed by atoms with van der Waals surface area (Å²) in [6, 6.07) is 0. The molecule has 7 heteroatoms. The molecule has 4 N–H and O–H groups in total. The highest BCUT2D eigenvalue weighted by Crippen LogP contribution is 1.91. The second kappa shape index (κ2) is 4.56. The van der Waals surface area contributed by atoms with Crippen molar-refractivity contribution in [1.82, 2.24) is 15.2 Å². The van der Waals surface area contributed by atoms with Crippen LogP contribution >= 0.6 is 0 Å². The van der Waals surface area contributed by atoms with Crippen LogP contribution in [0.3, 0.4) is 0 Å². The molecule has 7 nitrogen and oxygen atoms in total. The first-order valence-electron chi connectivity index (χ1n) is 4.20. The first kappa shape index (κ1) is 10.5. The Balaban J connectivity index is 2.60. The number of hydrogen-bond acceptors (Lipinski definition) is 5. The SMILES string of the molecule is CC(O)CCNc1n[nH]c(=O)[nH]c1=O. The Morgan fingerprint density at radius 3 is 2.86 bits per heavy atom. The van der Waals surface area contributed by atoms with Gasteiger partial charge in [-0.1, -0.05) is 0 Å². The maximum Gasteiger partial charge on any atom is 0.342 e. The molecule has 1 unspecified atom stereocenters. The fraction of sp³-hybridized carbons (Fsp3) is 0.571. The van der Waals surface area contributed by atoms with Gasteiger partial charge in [0.15, 0.2) is 0 Å². The summed E-state index contributed by atoms with van der Waals surface area (Å²) in [7, 11) is 0. The van der Waals surface area contributed by atoms with Gasteiger partial charge in [-0.25, -0.2) is 9.89 Å². The van der Waals surface area contributed by atoms with Gasteiger partial charge in [0, 0.05) is 6.54 Å². The third-order valence-corrected chi connectivity index (χ3v) is 1.57. The van der Waals surface area contributed by atoms with Crippen LogP contribution in [0.1, 0.15) is 13.3 Å². The minimum Gasteiger partial charge on any atom is -0.393 e. The number of nitrogens with zero attached hydrogens (tertiary/aromatic N) is 1. The van der Waals surface area contributed by atoms with Gasteiger partial charge in [0.05, 0.1) is 6.10 Å². The number of H-pyrrole nitrogens is 2. The predicted molar refractivity (Wildman–Crippen MR) is 50.3 cm³/mol. The lowest BCUT2D eigenvalue weighted by Crippen LogP contribution is -2.27. The number of aromatic nitrogens is 3. The van der Waals surface area contributed by atoms with E-state index in [9.17, 15) is 9.59 Å². The van der Waals surface area contributed by atoms with E-state index in [1.54, 1.807) is 6.92 Å². The highest BCUT2D eigenvalue weighted by molar-refractivity contribution is 5.28. The topological polar surface area (TPSA) is 111 Å². The van der Waals surface area contributed by atoms with Crippen molar-refractivity contribution in [2.45, 2.75) is 19.4 Å². The summed E-state index contributed by atoms with van der Waals surface area (Å²) in [5.41, 5.74) is -1.21. The number of rotatable bonds is 4. The minimum atomic E-state index is -0.643. The summed E-state index contributed by atoms with van der Waals surface area (Å²) < 4.78 is 0. The van der Waals surface area contributed by atoms with Crippen LogP contribution in [0, 0.1) is 0 Å². The van der Waals surface area contributed by atoms with Crippen molar-refractivity contribution >= 4 is 5.82 Å². The van der Waals surface area contributed by atoms with E-state index in [0.29, 0.717) is 13.0 Å².